The maximum Gasteiger partial charge on any atom is 0.0428 e. The van der Waals surface area contributed by atoms with Crippen LogP contribution in [0.1, 0.15) is 101 Å². The second-order valence-electron chi connectivity index (χ2n) is 9.85. The molecule has 204 valence electrons. The van der Waals surface area contributed by atoms with Crippen molar-refractivity contribution in [3.63, 3.8) is 0 Å². The first-order valence-corrected chi connectivity index (χ1v) is 13.0. The molecule has 0 aliphatic rings. The quantitative estimate of drug-likeness (QED) is 0.254. The third-order valence-electron chi connectivity index (χ3n) is 5.47. The van der Waals surface area contributed by atoms with Crippen molar-refractivity contribution < 1.29 is 0 Å². The van der Waals surface area contributed by atoms with Gasteiger partial charge in [0, 0.05) is 70.3 Å². The van der Waals surface area contributed by atoms with Crippen molar-refractivity contribution in [3.05, 3.63) is 126 Å². The monoisotopic (exact) mass is 527 g/mol. The van der Waals surface area contributed by atoms with Crippen LogP contribution in [0.2, 0.25) is 0 Å². The summed E-state index contributed by atoms with van der Waals surface area (Å²) in [4.78, 5) is 12.1. The summed E-state index contributed by atoms with van der Waals surface area (Å²) in [6.45, 7) is 17.4. The minimum absolute atomic E-state index is 0. The Hall–Kier alpha value is -3.07. The van der Waals surface area contributed by atoms with Crippen LogP contribution in [0, 0.1) is 0 Å². The SMILES string of the molecule is CC(C)c1ccccc1.CC(C)c1ccccn1.CC(C)c1cccnc1.CC(C)c1ccncc1.[B].[B].[B].[B]. The number of rotatable bonds is 4. The van der Waals surface area contributed by atoms with Crippen LogP contribution in [0.4, 0.5) is 0 Å². The first-order valence-electron chi connectivity index (χ1n) is 13.0. The third-order valence-corrected chi connectivity index (χ3v) is 5.47. The third kappa shape index (κ3) is 19.9. The van der Waals surface area contributed by atoms with Crippen LogP contribution in [0.5, 0.6) is 0 Å². The minimum atomic E-state index is 0. The first-order chi connectivity index (χ1) is 17.2. The lowest BCUT2D eigenvalue weighted by atomic mass is 10.0. The smallest absolute Gasteiger partial charge is 0.0428 e. The molecular formula is C33H45B4N3. The van der Waals surface area contributed by atoms with Crippen molar-refractivity contribution in [3.8, 4) is 0 Å². The van der Waals surface area contributed by atoms with E-state index in [1.165, 1.54) is 16.7 Å². The van der Waals surface area contributed by atoms with Gasteiger partial charge >= 0.3 is 0 Å². The lowest BCUT2D eigenvalue weighted by molar-refractivity contribution is 0.823. The van der Waals surface area contributed by atoms with Gasteiger partial charge in [0.05, 0.1) is 0 Å². The molecule has 3 heterocycles. The van der Waals surface area contributed by atoms with Gasteiger partial charge in [0.2, 0.25) is 0 Å². The largest absolute Gasteiger partial charge is 0.265 e. The Morgan fingerprint density at radius 1 is 0.400 bits per heavy atom. The maximum absolute atomic E-state index is 4.18. The van der Waals surface area contributed by atoms with Crippen LogP contribution < -0.4 is 0 Å². The number of hydrogen-bond acceptors (Lipinski definition) is 3. The molecular weight excluding hydrogens is 482 g/mol. The molecule has 0 saturated heterocycles. The van der Waals surface area contributed by atoms with Crippen molar-refractivity contribution in [1.29, 1.82) is 0 Å². The number of nitrogens with zero attached hydrogens (tertiary/aromatic N) is 3. The highest BCUT2D eigenvalue weighted by atomic mass is 14.7. The molecule has 0 aliphatic heterocycles. The average Bonchev–Trinajstić information content (AvgIpc) is 2.92. The highest BCUT2D eigenvalue weighted by Crippen LogP contribution is 2.12. The van der Waals surface area contributed by atoms with Crippen LogP contribution in [0.25, 0.3) is 0 Å². The molecule has 0 unspecified atom stereocenters. The van der Waals surface area contributed by atoms with Gasteiger partial charge in [0.15, 0.2) is 0 Å². The molecule has 4 rings (SSSR count). The fraction of sp³-hybridized carbons (Fsp3) is 0.364. The standard InChI is InChI=1S/C9H12.3C8H11N.4B/c1-8(2)9-6-4-3-5-7-9;1-7(2)8-3-5-9-6-4-8;1-7(2)8-4-3-5-9-6-8;1-7(2)8-5-3-4-6-9-8;;;;/h3-8H,1-2H3;3*3-7H,1-2H3;;;;. The van der Waals surface area contributed by atoms with Gasteiger partial charge in [-0.1, -0.05) is 97.9 Å². The van der Waals surface area contributed by atoms with E-state index in [2.05, 4.69) is 101 Å². The molecule has 3 nitrogen and oxygen atoms in total. The molecule has 3 aromatic heterocycles. The summed E-state index contributed by atoms with van der Waals surface area (Å²) in [6, 6.07) is 24.7. The Morgan fingerprint density at radius 2 is 0.875 bits per heavy atom. The summed E-state index contributed by atoms with van der Waals surface area (Å²) >= 11 is 0. The zero-order chi connectivity index (χ0) is 26.8. The summed E-state index contributed by atoms with van der Waals surface area (Å²) in [5.41, 5.74) is 5.23. The van der Waals surface area contributed by atoms with Gasteiger partial charge in [-0.3, -0.25) is 15.0 Å². The Balaban J connectivity index is -0.000000209. The van der Waals surface area contributed by atoms with Gasteiger partial charge in [-0.05, 0) is 70.7 Å². The molecule has 12 radical (unpaired) electrons. The molecule has 0 aliphatic carbocycles. The van der Waals surface area contributed by atoms with Crippen LogP contribution in [0.3, 0.4) is 0 Å². The Bertz CT molecular complexity index is 858. The van der Waals surface area contributed by atoms with E-state index < -0.39 is 0 Å². The Kier molecular flexibility index (Phi) is 28.8. The molecule has 1 aromatic carbocycles. The number of benzene rings is 1. The van der Waals surface area contributed by atoms with E-state index in [0.29, 0.717) is 23.7 Å². The molecule has 0 atom stereocenters. The second-order valence-corrected chi connectivity index (χ2v) is 9.85. The molecule has 0 fully saturated rings. The number of aromatic nitrogens is 3. The zero-order valence-corrected chi connectivity index (χ0v) is 25.8. The average molecular weight is 527 g/mol. The van der Waals surface area contributed by atoms with Crippen molar-refractivity contribution >= 4 is 33.7 Å². The highest BCUT2D eigenvalue weighted by Gasteiger charge is 1.96. The van der Waals surface area contributed by atoms with E-state index >= 15 is 0 Å². The molecule has 40 heavy (non-hydrogen) atoms. The summed E-state index contributed by atoms with van der Waals surface area (Å²) in [5, 5.41) is 0. The molecule has 0 bridgehead atoms. The summed E-state index contributed by atoms with van der Waals surface area (Å²) in [5.74, 6) is 2.42. The van der Waals surface area contributed by atoms with Gasteiger partial charge in [-0.2, -0.15) is 0 Å². The predicted octanol–water partition coefficient (Wildman–Crippen LogP) is 7.90. The van der Waals surface area contributed by atoms with Gasteiger partial charge in [-0.25, -0.2) is 0 Å². The van der Waals surface area contributed by atoms with Crippen LogP contribution in [0.15, 0.2) is 104 Å². The summed E-state index contributed by atoms with van der Waals surface area (Å²) < 4.78 is 0. The summed E-state index contributed by atoms with van der Waals surface area (Å²) in [7, 11) is 0. The van der Waals surface area contributed by atoms with E-state index in [4.69, 9.17) is 0 Å². The van der Waals surface area contributed by atoms with Crippen LogP contribution in [-0.2, 0) is 0 Å². The van der Waals surface area contributed by atoms with Crippen molar-refractivity contribution in [2.24, 2.45) is 0 Å². The van der Waals surface area contributed by atoms with Crippen molar-refractivity contribution in [2.75, 3.05) is 0 Å². The lowest BCUT2D eigenvalue weighted by Crippen LogP contribution is -1.88. The topological polar surface area (TPSA) is 38.7 Å². The fourth-order valence-corrected chi connectivity index (χ4v) is 3.02. The van der Waals surface area contributed by atoms with E-state index in [0.717, 1.165) is 5.69 Å². The molecule has 7 heteroatoms. The van der Waals surface area contributed by atoms with E-state index in [1.54, 1.807) is 6.20 Å². The predicted molar refractivity (Wildman–Crippen MR) is 179 cm³/mol. The fourth-order valence-electron chi connectivity index (χ4n) is 3.02. The molecule has 0 saturated carbocycles. The normalized spacial score (nSPS) is 9.10. The first kappa shape index (κ1) is 44.0. The molecule has 0 spiro atoms. The molecule has 0 amide bonds. The van der Waals surface area contributed by atoms with E-state index in [1.807, 2.05) is 67.3 Å². The Morgan fingerprint density at radius 3 is 1.18 bits per heavy atom. The number of hydrogen-bond donors (Lipinski definition) is 0. The molecule has 0 N–H and O–H groups in total. The maximum atomic E-state index is 4.18. The zero-order valence-electron chi connectivity index (χ0n) is 25.8. The Labute approximate surface area is 253 Å². The van der Waals surface area contributed by atoms with Crippen LogP contribution >= 0.6 is 0 Å². The lowest BCUT2D eigenvalue weighted by Gasteiger charge is -2.01. The van der Waals surface area contributed by atoms with Crippen molar-refractivity contribution in [2.45, 2.75) is 79.1 Å². The minimum Gasteiger partial charge on any atom is -0.265 e. The van der Waals surface area contributed by atoms with Gasteiger partial charge in [-0.15, -0.1) is 0 Å². The van der Waals surface area contributed by atoms with E-state index in [9.17, 15) is 0 Å². The number of pyridine rings is 3. The van der Waals surface area contributed by atoms with Gasteiger partial charge in [0.1, 0.15) is 0 Å². The van der Waals surface area contributed by atoms with E-state index in [-0.39, 0.29) is 33.7 Å². The highest BCUT2D eigenvalue weighted by molar-refractivity contribution is 5.76. The van der Waals surface area contributed by atoms with Gasteiger partial charge < -0.3 is 0 Å². The van der Waals surface area contributed by atoms with Crippen molar-refractivity contribution in [1.82, 2.24) is 15.0 Å². The second kappa shape index (κ2) is 26.2. The summed E-state index contributed by atoms with van der Waals surface area (Å²) in [6.07, 6.45) is 9.19. The van der Waals surface area contributed by atoms with Gasteiger partial charge in [0.25, 0.3) is 0 Å². The molecule has 4 aromatic rings. The van der Waals surface area contributed by atoms with Crippen LogP contribution in [-0.4, -0.2) is 48.6 Å².